The van der Waals surface area contributed by atoms with Gasteiger partial charge >= 0.3 is 6.03 Å². The molecule has 0 spiro atoms. The molecule has 0 aromatic carbocycles. The van der Waals surface area contributed by atoms with Gasteiger partial charge in [-0.2, -0.15) is 0 Å². The first-order chi connectivity index (χ1) is 7.74. The fourth-order valence-electron chi connectivity index (χ4n) is 1.80. The van der Waals surface area contributed by atoms with Gasteiger partial charge in [0.05, 0.1) is 0 Å². The van der Waals surface area contributed by atoms with Crippen LogP contribution in [0.3, 0.4) is 0 Å². The number of unbranched alkanes of at least 4 members (excludes halogenated alkanes) is 1. The number of carbonyl (C=O) groups excluding carboxylic acids is 2. The summed E-state index contributed by atoms with van der Waals surface area (Å²) in [5.41, 5.74) is -1.11. The minimum Gasteiger partial charge on any atom is -0.323 e. The number of nitrogens with one attached hydrogen (secondary N) is 1. The van der Waals surface area contributed by atoms with E-state index in [1.165, 1.54) is 4.90 Å². The lowest BCUT2D eigenvalue weighted by molar-refractivity contribution is -0.134. The summed E-state index contributed by atoms with van der Waals surface area (Å²) in [5.74, 6) is -0.126. The summed E-state index contributed by atoms with van der Waals surface area (Å²) in [5, 5.41) is 2.81. The fourth-order valence-corrected chi connectivity index (χ4v) is 1.80. The molecule has 1 heterocycles. The van der Waals surface area contributed by atoms with Gasteiger partial charge in [0.15, 0.2) is 0 Å². The standard InChI is InChI=1S/C13H22N2O2/c1-6-7-8-9-15-10(16)13(5,12(2,3)4)14-11(15)17/h6H,1,7-9H2,2-5H3,(H,14,17)/t13-/m0/s1. The van der Waals surface area contributed by atoms with Crippen LogP contribution in [-0.2, 0) is 4.79 Å². The molecule has 0 bridgehead atoms. The fraction of sp³-hybridized carbons (Fsp3) is 0.692. The Hall–Kier alpha value is -1.32. The quantitative estimate of drug-likeness (QED) is 0.464. The van der Waals surface area contributed by atoms with Gasteiger partial charge in [-0.05, 0) is 25.2 Å². The van der Waals surface area contributed by atoms with Crippen LogP contribution < -0.4 is 5.32 Å². The SMILES string of the molecule is C=CCCCN1C(=O)N[C@](C)(C(C)(C)C)C1=O. The van der Waals surface area contributed by atoms with E-state index in [1.54, 1.807) is 13.0 Å². The highest BCUT2D eigenvalue weighted by Gasteiger charge is 2.54. The highest BCUT2D eigenvalue weighted by molar-refractivity contribution is 6.07. The lowest BCUT2D eigenvalue weighted by atomic mass is 9.75. The molecule has 1 aliphatic heterocycles. The summed E-state index contributed by atoms with van der Waals surface area (Å²) < 4.78 is 0. The second-order valence-electron chi connectivity index (χ2n) is 5.69. The molecule has 1 N–H and O–H groups in total. The third-order valence-electron chi connectivity index (χ3n) is 3.56. The first kappa shape index (κ1) is 13.7. The molecule has 0 saturated carbocycles. The predicted octanol–water partition coefficient (Wildman–Crippen LogP) is 2.31. The van der Waals surface area contributed by atoms with E-state index in [-0.39, 0.29) is 17.4 Å². The molecule has 1 aliphatic rings. The van der Waals surface area contributed by atoms with Gasteiger partial charge in [-0.15, -0.1) is 6.58 Å². The van der Waals surface area contributed by atoms with Crippen LogP contribution in [-0.4, -0.2) is 28.9 Å². The van der Waals surface area contributed by atoms with Crippen LogP contribution >= 0.6 is 0 Å². The van der Waals surface area contributed by atoms with Gasteiger partial charge in [0.1, 0.15) is 5.54 Å². The van der Waals surface area contributed by atoms with E-state index in [2.05, 4.69) is 11.9 Å². The summed E-state index contributed by atoms with van der Waals surface area (Å²) in [6.07, 6.45) is 3.37. The van der Waals surface area contributed by atoms with Crippen molar-refractivity contribution in [1.82, 2.24) is 10.2 Å². The van der Waals surface area contributed by atoms with E-state index in [0.29, 0.717) is 6.54 Å². The van der Waals surface area contributed by atoms with E-state index in [1.807, 2.05) is 20.8 Å². The summed E-state index contributed by atoms with van der Waals surface area (Å²) in [6, 6.07) is -0.281. The molecule has 0 aliphatic carbocycles. The van der Waals surface area contributed by atoms with Crippen molar-refractivity contribution in [3.8, 4) is 0 Å². The zero-order valence-corrected chi connectivity index (χ0v) is 11.2. The maximum absolute atomic E-state index is 12.3. The summed E-state index contributed by atoms with van der Waals surface area (Å²) >= 11 is 0. The van der Waals surface area contributed by atoms with E-state index >= 15 is 0 Å². The van der Waals surface area contributed by atoms with E-state index in [9.17, 15) is 9.59 Å². The summed E-state index contributed by atoms with van der Waals surface area (Å²) in [7, 11) is 0. The molecule has 96 valence electrons. The van der Waals surface area contributed by atoms with Crippen molar-refractivity contribution in [2.45, 2.75) is 46.1 Å². The van der Waals surface area contributed by atoms with E-state index < -0.39 is 5.54 Å². The van der Waals surface area contributed by atoms with Gasteiger partial charge < -0.3 is 5.32 Å². The monoisotopic (exact) mass is 238 g/mol. The number of carbonyl (C=O) groups is 2. The van der Waals surface area contributed by atoms with Gasteiger partial charge in [-0.25, -0.2) is 4.79 Å². The molecule has 1 rings (SSSR count). The molecular weight excluding hydrogens is 216 g/mol. The highest BCUT2D eigenvalue weighted by Crippen LogP contribution is 2.35. The zero-order valence-electron chi connectivity index (χ0n) is 11.2. The normalized spacial score (nSPS) is 25.1. The molecule has 0 aromatic rings. The summed E-state index contributed by atoms with van der Waals surface area (Å²) in [4.78, 5) is 25.4. The zero-order chi connectivity index (χ0) is 13.3. The van der Waals surface area contributed by atoms with Gasteiger partial charge in [-0.3, -0.25) is 9.69 Å². The molecule has 1 saturated heterocycles. The maximum atomic E-state index is 12.3. The Bertz CT molecular complexity index is 344. The van der Waals surface area contributed by atoms with Gasteiger partial charge in [-0.1, -0.05) is 26.8 Å². The van der Waals surface area contributed by atoms with Crippen molar-refractivity contribution >= 4 is 11.9 Å². The third-order valence-corrected chi connectivity index (χ3v) is 3.56. The van der Waals surface area contributed by atoms with Crippen molar-refractivity contribution in [3.05, 3.63) is 12.7 Å². The largest absolute Gasteiger partial charge is 0.325 e. The van der Waals surface area contributed by atoms with Crippen LogP contribution in [0, 0.1) is 5.41 Å². The third kappa shape index (κ3) is 2.35. The van der Waals surface area contributed by atoms with Crippen LogP contribution in [0.15, 0.2) is 12.7 Å². The molecule has 4 nitrogen and oxygen atoms in total. The van der Waals surface area contributed by atoms with E-state index in [0.717, 1.165) is 12.8 Å². The molecule has 17 heavy (non-hydrogen) atoms. The number of rotatable bonds is 4. The molecular formula is C13H22N2O2. The lowest BCUT2D eigenvalue weighted by Crippen LogP contribution is -2.54. The maximum Gasteiger partial charge on any atom is 0.325 e. The molecule has 0 radical (unpaired) electrons. The molecule has 4 heteroatoms. The highest BCUT2D eigenvalue weighted by atomic mass is 16.2. The van der Waals surface area contributed by atoms with Gasteiger partial charge in [0.2, 0.25) is 0 Å². The van der Waals surface area contributed by atoms with Crippen molar-refractivity contribution in [2.24, 2.45) is 5.41 Å². The number of imide groups is 1. The van der Waals surface area contributed by atoms with Crippen molar-refractivity contribution < 1.29 is 9.59 Å². The van der Waals surface area contributed by atoms with Crippen LogP contribution in [0.25, 0.3) is 0 Å². The van der Waals surface area contributed by atoms with Gasteiger partial charge in [0.25, 0.3) is 5.91 Å². The number of nitrogens with zero attached hydrogens (tertiary/aromatic N) is 1. The van der Waals surface area contributed by atoms with Crippen LogP contribution in [0.1, 0.15) is 40.5 Å². The molecule has 3 amide bonds. The average molecular weight is 238 g/mol. The minimum atomic E-state index is -0.807. The van der Waals surface area contributed by atoms with Crippen molar-refractivity contribution in [2.75, 3.05) is 6.54 Å². The Morgan fingerprint density at radius 2 is 2.00 bits per heavy atom. The molecule has 1 atom stereocenters. The number of hydrogen-bond acceptors (Lipinski definition) is 2. The van der Waals surface area contributed by atoms with Gasteiger partial charge in [0, 0.05) is 6.54 Å². The van der Waals surface area contributed by atoms with E-state index in [4.69, 9.17) is 0 Å². The molecule has 0 unspecified atom stereocenters. The Kier molecular flexibility index (Phi) is 3.65. The second-order valence-corrected chi connectivity index (χ2v) is 5.69. The van der Waals surface area contributed by atoms with Crippen molar-refractivity contribution in [3.63, 3.8) is 0 Å². The number of hydrogen-bond donors (Lipinski definition) is 1. The predicted molar refractivity (Wildman–Crippen MR) is 67.5 cm³/mol. The van der Waals surface area contributed by atoms with Crippen molar-refractivity contribution in [1.29, 1.82) is 0 Å². The minimum absolute atomic E-state index is 0.126. The Morgan fingerprint density at radius 3 is 2.41 bits per heavy atom. The Morgan fingerprint density at radius 1 is 1.41 bits per heavy atom. The van der Waals surface area contributed by atoms with Crippen LogP contribution in [0.4, 0.5) is 4.79 Å². The van der Waals surface area contributed by atoms with Crippen LogP contribution in [0.5, 0.6) is 0 Å². The smallest absolute Gasteiger partial charge is 0.323 e. The second kappa shape index (κ2) is 4.51. The number of allylic oxidation sites excluding steroid dienone is 1. The van der Waals surface area contributed by atoms with Crippen LogP contribution in [0.2, 0.25) is 0 Å². The Balaban J connectivity index is 2.82. The number of amides is 3. The lowest BCUT2D eigenvalue weighted by Gasteiger charge is -2.35. The topological polar surface area (TPSA) is 49.4 Å². The first-order valence-electron chi connectivity index (χ1n) is 5.99. The first-order valence-corrected chi connectivity index (χ1v) is 5.99. The summed E-state index contributed by atoms with van der Waals surface area (Å²) in [6.45, 7) is 11.8. The Labute approximate surface area is 103 Å². The molecule has 0 aromatic heterocycles. The average Bonchev–Trinajstić information content (AvgIpc) is 2.42. The number of urea groups is 1. The molecule has 1 fully saturated rings.